The van der Waals surface area contributed by atoms with E-state index in [4.69, 9.17) is 6.42 Å². The van der Waals surface area contributed by atoms with Crippen LogP contribution in [0.25, 0.3) is 11.6 Å². The van der Waals surface area contributed by atoms with Crippen molar-refractivity contribution in [1.82, 2.24) is 4.98 Å². The van der Waals surface area contributed by atoms with Crippen LogP contribution in [0.5, 0.6) is 0 Å². The number of benzene rings is 1. The van der Waals surface area contributed by atoms with E-state index in [2.05, 4.69) is 15.6 Å². The van der Waals surface area contributed by atoms with E-state index >= 15 is 0 Å². The van der Waals surface area contributed by atoms with Gasteiger partial charge in [0.2, 0.25) is 0 Å². The van der Waals surface area contributed by atoms with Crippen LogP contribution in [0.15, 0.2) is 36.5 Å². The fourth-order valence-electron chi connectivity index (χ4n) is 2.17. The maximum atomic E-state index is 12.0. The molecule has 3 N–H and O–H groups in total. The minimum absolute atomic E-state index is 0.181. The molecule has 5 heteroatoms. The Morgan fingerprint density at radius 3 is 2.90 bits per heavy atom. The highest BCUT2D eigenvalue weighted by atomic mass is 16.2. The fraction of sp³-hybridized carbons (Fsp3) is 0. The van der Waals surface area contributed by atoms with E-state index < -0.39 is 5.91 Å². The predicted molar refractivity (Wildman–Crippen MR) is 81.2 cm³/mol. The molecule has 2 aromatic rings. The lowest BCUT2D eigenvalue weighted by Crippen LogP contribution is -2.07. The van der Waals surface area contributed by atoms with Crippen LogP contribution in [0.1, 0.15) is 11.3 Å². The Morgan fingerprint density at radius 2 is 2.19 bits per heavy atom. The number of carbonyl (C=O) groups is 2. The predicted octanol–water partition coefficient (Wildman–Crippen LogP) is 2.08. The minimum atomic E-state index is -0.526. The maximum Gasteiger partial charge on any atom is 0.300 e. The van der Waals surface area contributed by atoms with Crippen molar-refractivity contribution < 1.29 is 9.59 Å². The van der Waals surface area contributed by atoms with Crippen molar-refractivity contribution in [3.63, 3.8) is 0 Å². The number of terminal acetylenes is 1. The van der Waals surface area contributed by atoms with Crippen LogP contribution in [0.4, 0.5) is 11.4 Å². The van der Waals surface area contributed by atoms with Gasteiger partial charge in [-0.05, 0) is 42.3 Å². The van der Waals surface area contributed by atoms with Crippen LogP contribution < -0.4 is 10.6 Å². The fourth-order valence-corrected chi connectivity index (χ4v) is 2.17. The molecule has 0 unspecified atom stereocenters. The topological polar surface area (TPSA) is 74.0 Å². The lowest BCUT2D eigenvalue weighted by molar-refractivity contribution is -0.111. The maximum absolute atomic E-state index is 12.0. The van der Waals surface area contributed by atoms with Gasteiger partial charge in [-0.3, -0.25) is 9.59 Å². The molecule has 2 heterocycles. The second kappa shape index (κ2) is 5.02. The smallest absolute Gasteiger partial charge is 0.300 e. The molecule has 102 valence electrons. The third kappa shape index (κ3) is 2.42. The van der Waals surface area contributed by atoms with E-state index in [0.29, 0.717) is 16.9 Å². The molecule has 3 rings (SSSR count). The van der Waals surface area contributed by atoms with Crippen molar-refractivity contribution in [1.29, 1.82) is 0 Å². The Kier molecular flexibility index (Phi) is 3.05. The summed E-state index contributed by atoms with van der Waals surface area (Å²) in [5, 5.41) is 5.35. The average Bonchev–Trinajstić information content (AvgIpc) is 3.08. The summed E-state index contributed by atoms with van der Waals surface area (Å²) in [5.41, 5.74) is 3.34. The Balaban J connectivity index is 2.01. The molecule has 0 spiro atoms. The highest BCUT2D eigenvalue weighted by Crippen LogP contribution is 2.34. The van der Waals surface area contributed by atoms with Crippen molar-refractivity contribution in [2.24, 2.45) is 0 Å². The minimum Gasteiger partial charge on any atom is -0.362 e. The number of fused-ring (bicyclic) bond motifs is 1. The monoisotopic (exact) mass is 277 g/mol. The molecule has 0 fully saturated rings. The van der Waals surface area contributed by atoms with E-state index in [1.807, 2.05) is 18.1 Å². The number of aromatic amines is 1. The zero-order chi connectivity index (χ0) is 14.8. The van der Waals surface area contributed by atoms with Gasteiger partial charge in [0.25, 0.3) is 11.8 Å². The van der Waals surface area contributed by atoms with Gasteiger partial charge in [0, 0.05) is 28.8 Å². The molecule has 1 aliphatic heterocycles. The Morgan fingerprint density at radius 1 is 1.33 bits per heavy atom. The zero-order valence-corrected chi connectivity index (χ0v) is 10.9. The number of carbonyl (C=O) groups excluding carboxylic acids is 2. The Bertz CT molecular complexity index is 795. The van der Waals surface area contributed by atoms with Gasteiger partial charge in [-0.2, -0.15) is 0 Å². The molecular weight excluding hydrogens is 266 g/mol. The summed E-state index contributed by atoms with van der Waals surface area (Å²) in [6.07, 6.45) is 8.57. The average molecular weight is 277 g/mol. The number of H-pyrrole nitrogens is 1. The number of nitrogens with one attached hydrogen (secondary N) is 3. The van der Waals surface area contributed by atoms with E-state index in [0.717, 1.165) is 11.3 Å². The molecule has 0 radical (unpaired) electrons. The van der Waals surface area contributed by atoms with Gasteiger partial charge in [0.1, 0.15) is 0 Å². The number of amides is 2. The molecule has 1 aromatic heterocycles. The van der Waals surface area contributed by atoms with E-state index in [1.165, 1.54) is 0 Å². The summed E-state index contributed by atoms with van der Waals surface area (Å²) >= 11 is 0. The number of aromatic nitrogens is 1. The van der Waals surface area contributed by atoms with Crippen LogP contribution in [-0.2, 0) is 9.59 Å². The number of rotatable bonds is 2. The molecule has 21 heavy (non-hydrogen) atoms. The normalized spacial score (nSPS) is 14.4. The second-order valence-electron chi connectivity index (χ2n) is 4.50. The molecule has 1 aliphatic rings. The summed E-state index contributed by atoms with van der Waals surface area (Å²) in [5.74, 6) is 1.28. The van der Waals surface area contributed by atoms with Gasteiger partial charge in [-0.15, -0.1) is 6.42 Å². The molecule has 0 saturated heterocycles. The van der Waals surface area contributed by atoms with Crippen LogP contribution in [0.3, 0.4) is 0 Å². The van der Waals surface area contributed by atoms with Crippen LogP contribution in [-0.4, -0.2) is 16.8 Å². The molecule has 1 aromatic carbocycles. The first-order valence-corrected chi connectivity index (χ1v) is 6.26. The number of anilines is 2. The zero-order valence-electron chi connectivity index (χ0n) is 10.9. The van der Waals surface area contributed by atoms with E-state index in [9.17, 15) is 9.59 Å². The molecule has 0 atom stereocenters. The second-order valence-corrected chi connectivity index (χ2v) is 4.50. The molecule has 5 nitrogen and oxygen atoms in total. The van der Waals surface area contributed by atoms with Gasteiger partial charge in [-0.25, -0.2) is 0 Å². The van der Waals surface area contributed by atoms with Gasteiger partial charge < -0.3 is 15.6 Å². The van der Waals surface area contributed by atoms with Crippen LogP contribution in [0.2, 0.25) is 0 Å². The summed E-state index contributed by atoms with van der Waals surface area (Å²) in [7, 11) is 0. The molecule has 2 amide bonds. The van der Waals surface area contributed by atoms with Crippen molar-refractivity contribution in [3.8, 4) is 12.3 Å². The van der Waals surface area contributed by atoms with Gasteiger partial charge in [-0.1, -0.05) is 0 Å². The first-order valence-electron chi connectivity index (χ1n) is 6.26. The Hall–Kier alpha value is -3.26. The molecule has 0 saturated carbocycles. The van der Waals surface area contributed by atoms with Crippen molar-refractivity contribution in [2.45, 2.75) is 0 Å². The molecular formula is C16H11N3O2. The summed E-state index contributed by atoms with van der Waals surface area (Å²) in [6, 6.07) is 8.85. The lowest BCUT2D eigenvalue weighted by Gasteiger charge is -2.04. The third-order valence-corrected chi connectivity index (χ3v) is 3.11. The summed E-state index contributed by atoms with van der Waals surface area (Å²) in [4.78, 5) is 26.3. The van der Waals surface area contributed by atoms with E-state index in [1.54, 1.807) is 30.5 Å². The van der Waals surface area contributed by atoms with E-state index in [-0.39, 0.29) is 5.91 Å². The van der Waals surface area contributed by atoms with Crippen molar-refractivity contribution in [2.75, 3.05) is 10.6 Å². The summed E-state index contributed by atoms with van der Waals surface area (Å²) in [6.45, 7) is 0. The highest BCUT2D eigenvalue weighted by Gasteiger charge is 2.24. The number of hydrogen-bond donors (Lipinski definition) is 3. The SMILES string of the molecule is C#CC(=O)Nc1ccc2c(c1)/C(=C/c1ccc[nH]1)C(=O)N2. The highest BCUT2D eigenvalue weighted by molar-refractivity contribution is 6.35. The number of hydrogen-bond acceptors (Lipinski definition) is 2. The van der Waals surface area contributed by atoms with Crippen molar-refractivity contribution in [3.05, 3.63) is 47.8 Å². The lowest BCUT2D eigenvalue weighted by atomic mass is 10.1. The van der Waals surface area contributed by atoms with Crippen LogP contribution >= 0.6 is 0 Å². The molecule has 0 aliphatic carbocycles. The summed E-state index contributed by atoms with van der Waals surface area (Å²) < 4.78 is 0. The third-order valence-electron chi connectivity index (χ3n) is 3.11. The van der Waals surface area contributed by atoms with Gasteiger partial charge in [0.05, 0.1) is 5.57 Å². The first kappa shape index (κ1) is 12.8. The molecule has 0 bridgehead atoms. The van der Waals surface area contributed by atoms with Crippen LogP contribution in [0, 0.1) is 12.3 Å². The standard InChI is InChI=1S/C16H11N3O2/c1-2-15(20)18-11-5-6-14-12(9-11)13(16(21)19-14)8-10-4-3-7-17-10/h1,3-9,17H,(H,18,20)(H,19,21)/b13-8-. The van der Waals surface area contributed by atoms with Gasteiger partial charge in [0.15, 0.2) is 0 Å². The first-order chi connectivity index (χ1) is 10.2. The van der Waals surface area contributed by atoms with Crippen molar-refractivity contribution >= 4 is 34.8 Å². The quantitative estimate of drug-likeness (QED) is 0.581. The largest absolute Gasteiger partial charge is 0.362 e. The van der Waals surface area contributed by atoms with Gasteiger partial charge >= 0.3 is 0 Å². The Labute approximate surface area is 121 Å².